The number of nitrogens with one attached hydrogen (secondary N) is 1. The van der Waals surface area contributed by atoms with Gasteiger partial charge in [-0.05, 0) is 58.7 Å². The second-order valence-corrected chi connectivity index (χ2v) is 9.51. The predicted octanol–water partition coefficient (Wildman–Crippen LogP) is 6.13. The number of phenolic OH excluding ortho intramolecular Hbond substituents is 1. The Morgan fingerprint density at radius 2 is 1.38 bits per heavy atom. The quantitative estimate of drug-likeness (QED) is 0.257. The van der Waals surface area contributed by atoms with Gasteiger partial charge in [-0.1, -0.05) is 72.8 Å². The first kappa shape index (κ1) is 24.2. The van der Waals surface area contributed by atoms with E-state index in [0.29, 0.717) is 31.0 Å². The number of benzene rings is 4. The predicted molar refractivity (Wildman–Crippen MR) is 152 cm³/mol. The molecule has 2 heterocycles. The zero-order chi connectivity index (χ0) is 26.6. The summed E-state index contributed by atoms with van der Waals surface area (Å²) in [6, 6.07) is 34.8. The van der Waals surface area contributed by atoms with Crippen LogP contribution in [0.2, 0.25) is 0 Å². The highest BCUT2D eigenvalue weighted by Gasteiger charge is 2.20. The van der Waals surface area contributed by atoms with Crippen LogP contribution in [0.25, 0.3) is 17.1 Å². The molecule has 0 spiro atoms. The van der Waals surface area contributed by atoms with Crippen molar-refractivity contribution >= 4 is 0 Å². The number of aromatic hydroxyl groups is 1. The molecule has 6 nitrogen and oxygen atoms in total. The number of aromatic nitrogens is 3. The van der Waals surface area contributed by atoms with Crippen LogP contribution in [0.3, 0.4) is 0 Å². The molecule has 6 rings (SSSR count). The minimum absolute atomic E-state index is 0.141. The van der Waals surface area contributed by atoms with Crippen LogP contribution >= 0.6 is 0 Å². The fourth-order valence-corrected chi connectivity index (χ4v) is 4.64. The van der Waals surface area contributed by atoms with Gasteiger partial charge in [-0.2, -0.15) is 0 Å². The van der Waals surface area contributed by atoms with Crippen LogP contribution in [0.4, 0.5) is 0 Å². The molecule has 4 aromatic rings. The molecular weight excluding hydrogens is 486 g/mol. The molecular formula is C33H27N3O3. The average molecular weight is 514 g/mol. The van der Waals surface area contributed by atoms with E-state index < -0.39 is 0 Å². The Morgan fingerprint density at radius 1 is 0.744 bits per heavy atom. The van der Waals surface area contributed by atoms with Gasteiger partial charge in [-0.15, -0.1) is 0 Å². The van der Waals surface area contributed by atoms with Crippen LogP contribution in [0.5, 0.6) is 11.5 Å². The number of imidazole rings is 1. The summed E-state index contributed by atoms with van der Waals surface area (Å²) in [5.41, 5.74) is 6.03. The van der Waals surface area contributed by atoms with Gasteiger partial charge >= 0.3 is 0 Å². The number of hydrogen-bond donors (Lipinski definition) is 2. The largest absolute Gasteiger partial charge is 0.508 e. The molecule has 0 aliphatic carbocycles. The summed E-state index contributed by atoms with van der Waals surface area (Å²) in [6.45, 7) is 0.501. The van der Waals surface area contributed by atoms with Crippen molar-refractivity contribution in [2.24, 2.45) is 0 Å². The molecule has 0 amide bonds. The lowest BCUT2D eigenvalue weighted by molar-refractivity contribution is 0.306. The molecule has 6 heteroatoms. The molecule has 0 bridgehead atoms. The van der Waals surface area contributed by atoms with Gasteiger partial charge in [-0.25, -0.2) is 4.98 Å². The molecule has 39 heavy (non-hydrogen) atoms. The van der Waals surface area contributed by atoms with E-state index in [4.69, 9.17) is 9.72 Å². The second kappa shape index (κ2) is 10.7. The normalized spacial score (nSPS) is 11.1. The van der Waals surface area contributed by atoms with Crippen molar-refractivity contribution in [3.63, 3.8) is 0 Å². The maximum Gasteiger partial charge on any atom is 0.278 e. The number of rotatable bonds is 8. The Bertz CT molecular complexity index is 1710. The lowest BCUT2D eigenvalue weighted by Crippen LogP contribution is -2.17. The third-order valence-electron chi connectivity index (χ3n) is 6.69. The molecule has 0 saturated carbocycles. The van der Waals surface area contributed by atoms with Gasteiger partial charge in [-0.3, -0.25) is 9.36 Å². The summed E-state index contributed by atoms with van der Waals surface area (Å²) in [7, 11) is 0. The number of H-pyrrole nitrogens is 1. The first-order chi connectivity index (χ1) is 19.1. The van der Waals surface area contributed by atoms with Crippen LogP contribution < -0.4 is 10.3 Å². The molecule has 2 aliphatic rings. The molecule has 192 valence electrons. The van der Waals surface area contributed by atoms with Gasteiger partial charge in [0, 0.05) is 19.0 Å². The highest BCUT2D eigenvalue weighted by Crippen LogP contribution is 2.25. The monoisotopic (exact) mass is 513 g/mol. The van der Waals surface area contributed by atoms with E-state index in [0.717, 1.165) is 39.4 Å². The minimum atomic E-state index is -0.141. The van der Waals surface area contributed by atoms with Crippen LogP contribution in [0.1, 0.15) is 28.1 Å². The first-order valence-corrected chi connectivity index (χ1v) is 12.8. The van der Waals surface area contributed by atoms with Crippen LogP contribution in [0, 0.1) is 0 Å². The molecule has 4 aromatic carbocycles. The Morgan fingerprint density at radius 3 is 2.08 bits per heavy atom. The van der Waals surface area contributed by atoms with Crippen molar-refractivity contribution in [3.05, 3.63) is 154 Å². The van der Waals surface area contributed by atoms with Crippen LogP contribution in [-0.4, -0.2) is 19.6 Å². The van der Waals surface area contributed by atoms with Gasteiger partial charge in [0.05, 0.1) is 11.4 Å². The van der Waals surface area contributed by atoms with Gasteiger partial charge in [0.15, 0.2) is 5.82 Å². The average Bonchev–Trinajstić information content (AvgIpc) is 3.29. The molecule has 2 N–H and O–H groups in total. The van der Waals surface area contributed by atoms with Crippen molar-refractivity contribution in [2.75, 3.05) is 0 Å². The van der Waals surface area contributed by atoms with Crippen LogP contribution in [0.15, 0.2) is 120 Å². The minimum Gasteiger partial charge on any atom is -0.508 e. The Balaban J connectivity index is 1.30. The van der Waals surface area contributed by atoms with E-state index in [1.165, 1.54) is 0 Å². The number of fused-ring (bicyclic) bond motifs is 1. The topological polar surface area (TPSA) is 80.1 Å². The molecule has 2 aliphatic heterocycles. The summed E-state index contributed by atoms with van der Waals surface area (Å²) < 4.78 is 7.53. The smallest absolute Gasteiger partial charge is 0.278 e. The molecule has 0 radical (unpaired) electrons. The van der Waals surface area contributed by atoms with E-state index in [9.17, 15) is 9.90 Å². The number of nitrogens with zero attached hydrogens (tertiary/aromatic N) is 2. The molecule has 0 aromatic heterocycles. The summed E-state index contributed by atoms with van der Waals surface area (Å²) in [6.07, 6.45) is 2.80. The Kier molecular flexibility index (Phi) is 6.66. The van der Waals surface area contributed by atoms with Gasteiger partial charge in [0.1, 0.15) is 23.8 Å². The highest BCUT2D eigenvalue weighted by molar-refractivity contribution is 5.61. The standard InChI is InChI=1S/C33H27N3O3/c37-27-15-13-26(14-16-27)31-21-36-32(29(34-31)19-23-7-3-1-4-8-23)35-30(33(36)38)20-24-11-17-28(18-12-24)39-22-25-9-5-2-6-10-25/h1-18,21,34,37H,19-20,22H2. The SMILES string of the molecule is O=c1c(Cc2ccc(OCc3ccccc3)cc2)nc2c(Cc3ccccc3)[nH]c(-c3ccc(O)cc3)cn1-2. The number of ether oxygens (including phenoxy) is 1. The maximum atomic E-state index is 13.5. The van der Waals surface area contributed by atoms with Gasteiger partial charge in [0.2, 0.25) is 0 Å². The maximum absolute atomic E-state index is 13.5. The Hall–Kier alpha value is -5.10. The summed E-state index contributed by atoms with van der Waals surface area (Å²) >= 11 is 0. The van der Waals surface area contributed by atoms with E-state index in [-0.39, 0.29) is 11.3 Å². The first-order valence-electron chi connectivity index (χ1n) is 12.8. The van der Waals surface area contributed by atoms with Crippen LogP contribution in [-0.2, 0) is 19.4 Å². The van der Waals surface area contributed by atoms with Crippen molar-refractivity contribution in [1.29, 1.82) is 0 Å². The third kappa shape index (κ3) is 5.45. The van der Waals surface area contributed by atoms with E-state index >= 15 is 0 Å². The third-order valence-corrected chi connectivity index (χ3v) is 6.69. The zero-order valence-corrected chi connectivity index (χ0v) is 21.2. The van der Waals surface area contributed by atoms with E-state index in [1.54, 1.807) is 22.9 Å². The van der Waals surface area contributed by atoms with Crippen molar-refractivity contribution in [3.8, 4) is 28.6 Å². The zero-order valence-electron chi connectivity index (χ0n) is 21.2. The number of hydrogen-bond acceptors (Lipinski definition) is 4. The van der Waals surface area contributed by atoms with Crippen molar-refractivity contribution in [2.45, 2.75) is 19.4 Å². The van der Waals surface area contributed by atoms with Crippen molar-refractivity contribution < 1.29 is 9.84 Å². The van der Waals surface area contributed by atoms with Crippen molar-refractivity contribution in [1.82, 2.24) is 14.5 Å². The van der Waals surface area contributed by atoms with E-state index in [1.807, 2.05) is 84.9 Å². The van der Waals surface area contributed by atoms with Gasteiger partial charge in [0.25, 0.3) is 5.56 Å². The molecule has 0 saturated heterocycles. The summed E-state index contributed by atoms with van der Waals surface area (Å²) in [4.78, 5) is 21.8. The fourth-order valence-electron chi connectivity index (χ4n) is 4.64. The fraction of sp³-hybridized carbons (Fsp3) is 0.0909. The lowest BCUT2D eigenvalue weighted by atomic mass is 10.1. The van der Waals surface area contributed by atoms with E-state index in [2.05, 4.69) is 17.1 Å². The number of aromatic amines is 1. The second-order valence-electron chi connectivity index (χ2n) is 9.51. The molecule has 0 atom stereocenters. The summed E-state index contributed by atoms with van der Waals surface area (Å²) in [5.74, 6) is 1.58. The Labute approximate surface area is 226 Å². The van der Waals surface area contributed by atoms with Gasteiger partial charge < -0.3 is 14.8 Å². The summed E-state index contributed by atoms with van der Waals surface area (Å²) in [5, 5.41) is 9.73. The molecule has 0 unspecified atom stereocenters. The lowest BCUT2D eigenvalue weighted by Gasteiger charge is -2.13. The molecule has 0 fully saturated rings. The highest BCUT2D eigenvalue weighted by atomic mass is 16.5. The number of phenols is 1.